The van der Waals surface area contributed by atoms with E-state index in [-0.39, 0.29) is 17.4 Å². The largest absolute Gasteiger partial charge is 0.326 e. The van der Waals surface area contributed by atoms with Crippen molar-refractivity contribution in [3.8, 4) is 0 Å². The van der Waals surface area contributed by atoms with Gasteiger partial charge in [-0.1, -0.05) is 11.8 Å². The molecule has 2 rings (SSSR count). The fraction of sp³-hybridized carbons (Fsp3) is 0.267. The molecule has 8 heteroatoms. The van der Waals surface area contributed by atoms with Crippen molar-refractivity contribution in [1.29, 1.82) is 0 Å². The standard InChI is InChI=1S/C15H15N3O4S/c1-8-13(9(2)19)14(23-15(16-8)17-10(3)20)11-4-6-12(7-5-11)18(21)22/h4-7,15H,1-3H3,(H,17,20). The van der Waals surface area contributed by atoms with Crippen molar-refractivity contribution in [3.05, 3.63) is 45.5 Å². The molecular weight excluding hydrogens is 318 g/mol. The van der Waals surface area contributed by atoms with Gasteiger partial charge in [-0.25, -0.2) is 0 Å². The maximum atomic E-state index is 11.9. The summed E-state index contributed by atoms with van der Waals surface area (Å²) in [6, 6.07) is 5.95. The molecule has 1 heterocycles. The van der Waals surface area contributed by atoms with Crippen LogP contribution in [0.25, 0.3) is 4.91 Å². The Kier molecular flexibility index (Phi) is 4.95. The normalized spacial score (nSPS) is 17.5. The number of hydrogen-bond donors (Lipinski definition) is 1. The number of ketones is 1. The molecule has 1 aromatic carbocycles. The molecule has 0 aliphatic carbocycles. The highest BCUT2D eigenvalue weighted by Crippen LogP contribution is 2.38. The summed E-state index contributed by atoms with van der Waals surface area (Å²) in [5, 5.41) is 13.4. The van der Waals surface area contributed by atoms with Gasteiger partial charge >= 0.3 is 0 Å². The van der Waals surface area contributed by atoms with Gasteiger partial charge in [-0.05, 0) is 31.5 Å². The van der Waals surface area contributed by atoms with Crippen LogP contribution in [-0.4, -0.2) is 27.8 Å². The highest BCUT2D eigenvalue weighted by Gasteiger charge is 2.26. The molecule has 0 aromatic heterocycles. The van der Waals surface area contributed by atoms with Crippen LogP contribution in [0.2, 0.25) is 0 Å². The van der Waals surface area contributed by atoms with Crippen LogP contribution in [-0.2, 0) is 9.59 Å². The van der Waals surface area contributed by atoms with Crippen LogP contribution < -0.4 is 5.32 Å². The summed E-state index contributed by atoms with van der Waals surface area (Å²) in [6.45, 7) is 4.54. The molecule has 1 atom stereocenters. The van der Waals surface area contributed by atoms with Crippen molar-refractivity contribution >= 4 is 39.8 Å². The van der Waals surface area contributed by atoms with Gasteiger partial charge in [0.15, 0.2) is 11.3 Å². The number of allylic oxidation sites excluding steroid dienone is 1. The molecule has 0 fully saturated rings. The molecule has 7 nitrogen and oxygen atoms in total. The summed E-state index contributed by atoms with van der Waals surface area (Å²) in [6.07, 6.45) is 0. The lowest BCUT2D eigenvalue weighted by Crippen LogP contribution is -2.32. The number of Topliss-reactive ketones (excluding diaryl/α,β-unsaturated/α-hetero) is 1. The fourth-order valence-electron chi connectivity index (χ4n) is 2.20. The van der Waals surface area contributed by atoms with Crippen LogP contribution in [0, 0.1) is 10.1 Å². The van der Waals surface area contributed by atoms with Crippen LogP contribution >= 0.6 is 11.8 Å². The topological polar surface area (TPSA) is 102 Å². The third-order valence-corrected chi connectivity index (χ3v) is 4.27. The Morgan fingerprint density at radius 2 is 1.87 bits per heavy atom. The Balaban J connectivity index is 2.46. The Hall–Kier alpha value is -2.48. The highest BCUT2D eigenvalue weighted by molar-refractivity contribution is 8.09. The van der Waals surface area contributed by atoms with Gasteiger partial charge in [0.1, 0.15) is 0 Å². The number of amides is 1. The van der Waals surface area contributed by atoms with Gasteiger partial charge in [0.05, 0.1) is 10.5 Å². The van der Waals surface area contributed by atoms with Crippen LogP contribution in [0.3, 0.4) is 0 Å². The number of nitrogens with zero attached hydrogens (tertiary/aromatic N) is 2. The first-order valence-electron chi connectivity index (χ1n) is 6.78. The first-order chi connectivity index (χ1) is 10.8. The molecule has 0 spiro atoms. The number of aliphatic imine (C=N–C) groups is 1. The summed E-state index contributed by atoms with van der Waals surface area (Å²) in [4.78, 5) is 38.4. The molecule has 1 aliphatic rings. The van der Waals surface area contributed by atoms with E-state index in [1.165, 1.54) is 37.7 Å². The molecule has 120 valence electrons. The zero-order valence-corrected chi connectivity index (χ0v) is 13.6. The number of nitro benzene ring substituents is 1. The minimum atomic E-state index is -0.527. The number of nitrogens with one attached hydrogen (secondary N) is 1. The molecule has 1 aromatic rings. The molecule has 1 amide bonds. The number of thioether (sulfide) groups is 1. The van der Waals surface area contributed by atoms with Crippen LogP contribution in [0.15, 0.2) is 34.8 Å². The van der Waals surface area contributed by atoms with Crippen LogP contribution in [0.5, 0.6) is 0 Å². The average molecular weight is 333 g/mol. The predicted molar refractivity (Wildman–Crippen MR) is 89.0 cm³/mol. The van der Waals surface area contributed by atoms with Crippen molar-refractivity contribution in [3.63, 3.8) is 0 Å². The smallest absolute Gasteiger partial charge is 0.269 e. The number of nitro groups is 1. The second kappa shape index (κ2) is 6.74. The minimum Gasteiger partial charge on any atom is -0.326 e. The maximum Gasteiger partial charge on any atom is 0.269 e. The quantitative estimate of drug-likeness (QED) is 0.674. The Bertz CT molecular complexity index is 738. The molecule has 0 bridgehead atoms. The number of hydrogen-bond acceptors (Lipinski definition) is 6. The summed E-state index contributed by atoms with van der Waals surface area (Å²) >= 11 is 1.24. The van der Waals surface area contributed by atoms with E-state index in [2.05, 4.69) is 10.3 Å². The lowest BCUT2D eigenvalue weighted by molar-refractivity contribution is -0.384. The lowest BCUT2D eigenvalue weighted by atomic mass is 10.0. The van der Waals surface area contributed by atoms with Crippen LogP contribution in [0.4, 0.5) is 5.69 Å². The van der Waals surface area contributed by atoms with E-state index in [1.807, 2.05) is 0 Å². The minimum absolute atomic E-state index is 0.0247. The Labute approximate surface area is 137 Å². The van der Waals surface area contributed by atoms with E-state index in [0.29, 0.717) is 21.8 Å². The number of carbonyl (C=O) groups is 2. The summed E-state index contributed by atoms with van der Waals surface area (Å²) in [5.74, 6) is -0.373. The van der Waals surface area contributed by atoms with E-state index in [4.69, 9.17) is 0 Å². The Morgan fingerprint density at radius 1 is 1.26 bits per heavy atom. The zero-order chi connectivity index (χ0) is 17.1. The van der Waals surface area contributed by atoms with Crippen molar-refractivity contribution in [1.82, 2.24) is 5.32 Å². The first kappa shape index (κ1) is 16.9. The van der Waals surface area contributed by atoms with Gasteiger partial charge in [0, 0.05) is 29.7 Å². The van der Waals surface area contributed by atoms with E-state index < -0.39 is 10.4 Å². The van der Waals surface area contributed by atoms with Crippen molar-refractivity contribution in [2.75, 3.05) is 0 Å². The van der Waals surface area contributed by atoms with Gasteiger partial charge in [-0.2, -0.15) is 0 Å². The third kappa shape index (κ3) is 3.84. The first-order valence-corrected chi connectivity index (χ1v) is 7.66. The van der Waals surface area contributed by atoms with Crippen molar-refractivity contribution in [2.24, 2.45) is 4.99 Å². The molecule has 0 radical (unpaired) electrons. The number of non-ortho nitro benzene ring substituents is 1. The lowest BCUT2D eigenvalue weighted by Gasteiger charge is -2.24. The fourth-order valence-corrected chi connectivity index (χ4v) is 3.54. The monoisotopic (exact) mass is 333 g/mol. The second-order valence-electron chi connectivity index (χ2n) is 4.95. The van der Waals surface area contributed by atoms with E-state index >= 15 is 0 Å². The number of carbonyl (C=O) groups excluding carboxylic acids is 2. The molecule has 1 unspecified atom stereocenters. The summed E-state index contributed by atoms with van der Waals surface area (Å²) in [5.41, 5.74) is 1.12. The van der Waals surface area contributed by atoms with E-state index in [0.717, 1.165) is 0 Å². The number of benzene rings is 1. The van der Waals surface area contributed by atoms with Gasteiger partial charge in [-0.3, -0.25) is 24.7 Å². The SMILES string of the molecule is CC(=O)NC1N=C(C)C(C(C)=O)=C(c2ccc([N+](=O)[O-])cc2)S1. The Morgan fingerprint density at radius 3 is 2.35 bits per heavy atom. The van der Waals surface area contributed by atoms with Gasteiger partial charge < -0.3 is 5.32 Å². The molecule has 1 N–H and O–H groups in total. The highest BCUT2D eigenvalue weighted by atomic mass is 32.2. The van der Waals surface area contributed by atoms with Gasteiger partial charge in [0.25, 0.3) is 5.69 Å². The molecule has 23 heavy (non-hydrogen) atoms. The van der Waals surface area contributed by atoms with E-state index in [9.17, 15) is 19.7 Å². The average Bonchev–Trinajstić information content (AvgIpc) is 2.45. The molecule has 0 saturated carbocycles. The molecule has 1 aliphatic heterocycles. The van der Waals surface area contributed by atoms with Gasteiger partial charge in [-0.15, -0.1) is 0 Å². The molecule has 0 saturated heterocycles. The zero-order valence-electron chi connectivity index (χ0n) is 12.8. The van der Waals surface area contributed by atoms with Crippen molar-refractivity contribution < 1.29 is 14.5 Å². The summed E-state index contributed by atoms with van der Waals surface area (Å²) < 4.78 is 0. The van der Waals surface area contributed by atoms with Crippen molar-refractivity contribution in [2.45, 2.75) is 26.3 Å². The van der Waals surface area contributed by atoms with Crippen LogP contribution in [0.1, 0.15) is 26.3 Å². The van der Waals surface area contributed by atoms with E-state index in [1.54, 1.807) is 19.1 Å². The third-order valence-electron chi connectivity index (χ3n) is 3.15. The van der Waals surface area contributed by atoms with Gasteiger partial charge in [0.2, 0.25) is 5.91 Å². The maximum absolute atomic E-state index is 11.9. The second-order valence-corrected chi connectivity index (χ2v) is 6.04. The molecular formula is C15H15N3O4S. The summed E-state index contributed by atoms with van der Waals surface area (Å²) in [7, 11) is 0. The number of rotatable bonds is 4. The predicted octanol–water partition coefficient (Wildman–Crippen LogP) is 2.52.